The van der Waals surface area contributed by atoms with Crippen LogP contribution in [0, 0.1) is 29.5 Å². The highest BCUT2D eigenvalue weighted by Gasteiger charge is 2.49. The van der Waals surface area contributed by atoms with Gasteiger partial charge in [-0.15, -0.1) is 24.2 Å². The number of hydrogen-bond donors (Lipinski definition) is 0. The second-order valence-corrected chi connectivity index (χ2v) is 12.0. The Morgan fingerprint density at radius 1 is 0.765 bits per heavy atom. The Morgan fingerprint density at radius 3 is 1.88 bits per heavy atom. The second-order valence-electron chi connectivity index (χ2n) is 10.7. The summed E-state index contributed by atoms with van der Waals surface area (Å²) in [5.74, 6) is 1.09. The number of benzene rings is 1. The Hall–Kier alpha value is -1.11. The fraction of sp³-hybridized carbons (Fsp3) is 0.704. The van der Waals surface area contributed by atoms with Crippen LogP contribution in [0.25, 0.3) is 0 Å². The van der Waals surface area contributed by atoms with Crippen molar-refractivity contribution in [1.29, 1.82) is 0 Å². The Kier molecular flexibility index (Phi) is 8.97. The van der Waals surface area contributed by atoms with Crippen molar-refractivity contribution in [2.24, 2.45) is 23.7 Å². The van der Waals surface area contributed by atoms with Crippen LogP contribution in [0.2, 0.25) is 0 Å². The molecule has 0 radical (unpaired) electrons. The number of thioether (sulfide) groups is 1. The van der Waals surface area contributed by atoms with Gasteiger partial charge in [0.15, 0.2) is 0 Å². The molecule has 2 saturated carbocycles. The van der Waals surface area contributed by atoms with Crippen LogP contribution in [0.5, 0.6) is 0 Å². The largest absolute Gasteiger partial charge is 0.303 e. The van der Waals surface area contributed by atoms with Crippen molar-refractivity contribution in [3.05, 3.63) is 30.1 Å². The quantitative estimate of drug-likeness (QED) is 0.456. The van der Waals surface area contributed by atoms with Gasteiger partial charge in [0.2, 0.25) is 11.8 Å². The van der Waals surface area contributed by atoms with Gasteiger partial charge < -0.3 is 4.90 Å². The summed E-state index contributed by atoms with van der Waals surface area (Å²) >= 11 is 1.88. The average molecular weight is 509 g/mol. The summed E-state index contributed by atoms with van der Waals surface area (Å²) < 4.78 is 13.2. The van der Waals surface area contributed by atoms with E-state index in [1.165, 1.54) is 19.3 Å². The minimum atomic E-state index is -0.174. The monoisotopic (exact) mass is 508 g/mol. The molecule has 0 aromatic heterocycles. The summed E-state index contributed by atoms with van der Waals surface area (Å²) in [6.07, 6.45) is 11.2. The maximum atomic E-state index is 13.2. The zero-order valence-corrected chi connectivity index (χ0v) is 21.6. The SMILES string of the molecule is Cl.O=C1C2CCCCC2C(=O)N1C[C@H]1CCCC[C@@H]1CN1CCC(Sc2ccc(F)cc2)CC1. The van der Waals surface area contributed by atoms with Crippen LogP contribution in [0.15, 0.2) is 29.2 Å². The summed E-state index contributed by atoms with van der Waals surface area (Å²) in [6, 6.07) is 6.86. The van der Waals surface area contributed by atoms with E-state index < -0.39 is 0 Å². The number of carbonyl (C=O) groups is 2. The smallest absolute Gasteiger partial charge is 0.233 e. The molecule has 7 heteroatoms. The standard InChI is InChI=1S/C27H37FN2O2S.ClH/c28-21-9-11-22(12-10-21)33-23-13-15-29(16-14-23)17-19-5-1-2-6-20(19)18-30-26(31)24-7-3-4-8-25(24)27(30)32;/h9-12,19-20,23-25H,1-8,13-18H2;1H/t19-,20-,24?,25?;/m1./s1. The maximum absolute atomic E-state index is 13.2. The molecule has 0 bridgehead atoms. The van der Waals surface area contributed by atoms with Crippen LogP contribution in [0.3, 0.4) is 0 Å². The number of piperidine rings is 1. The van der Waals surface area contributed by atoms with Crippen LogP contribution < -0.4 is 0 Å². The third-order valence-electron chi connectivity index (χ3n) is 8.56. The van der Waals surface area contributed by atoms with Crippen LogP contribution in [0.4, 0.5) is 4.39 Å². The number of imide groups is 1. The molecule has 1 aromatic rings. The van der Waals surface area contributed by atoms with Gasteiger partial charge in [-0.2, -0.15) is 0 Å². The zero-order chi connectivity index (χ0) is 22.8. The lowest BCUT2D eigenvalue weighted by atomic mass is 9.78. The van der Waals surface area contributed by atoms with Crippen molar-refractivity contribution in [2.45, 2.75) is 74.4 Å². The molecule has 4 aliphatic rings. The molecule has 0 spiro atoms. The lowest BCUT2D eigenvalue weighted by Crippen LogP contribution is -2.44. The van der Waals surface area contributed by atoms with Gasteiger partial charge in [0, 0.05) is 23.2 Å². The average Bonchev–Trinajstić information content (AvgIpc) is 3.08. The van der Waals surface area contributed by atoms with Crippen LogP contribution in [-0.4, -0.2) is 53.0 Å². The number of halogens is 2. The minimum Gasteiger partial charge on any atom is -0.303 e. The van der Waals surface area contributed by atoms with E-state index in [0.717, 1.165) is 69.5 Å². The third kappa shape index (κ3) is 5.82. The van der Waals surface area contributed by atoms with Gasteiger partial charge in [-0.1, -0.05) is 25.7 Å². The van der Waals surface area contributed by atoms with Crippen LogP contribution in [-0.2, 0) is 9.59 Å². The summed E-state index contributed by atoms with van der Waals surface area (Å²) in [5.41, 5.74) is 0. The van der Waals surface area contributed by atoms with Crippen molar-refractivity contribution in [1.82, 2.24) is 9.80 Å². The molecule has 2 unspecified atom stereocenters. The van der Waals surface area contributed by atoms with Crippen molar-refractivity contribution >= 4 is 36.0 Å². The van der Waals surface area contributed by atoms with Gasteiger partial charge in [-0.25, -0.2) is 4.39 Å². The molecule has 1 aromatic carbocycles. The van der Waals surface area contributed by atoms with E-state index in [9.17, 15) is 14.0 Å². The van der Waals surface area contributed by atoms with Gasteiger partial charge in [-0.05, 0) is 87.7 Å². The number of rotatable bonds is 6. The van der Waals surface area contributed by atoms with Gasteiger partial charge in [0.05, 0.1) is 11.8 Å². The van der Waals surface area contributed by atoms with E-state index in [-0.39, 0.29) is 41.9 Å². The Morgan fingerprint density at radius 2 is 1.29 bits per heavy atom. The summed E-state index contributed by atoms with van der Waals surface area (Å²) in [7, 11) is 0. The summed E-state index contributed by atoms with van der Waals surface area (Å²) in [6.45, 7) is 3.97. The first-order chi connectivity index (χ1) is 16.1. The highest BCUT2D eigenvalue weighted by molar-refractivity contribution is 8.00. The Labute approximate surface area is 213 Å². The molecule has 2 aliphatic carbocycles. The molecule has 34 heavy (non-hydrogen) atoms. The van der Waals surface area contributed by atoms with E-state index >= 15 is 0 Å². The zero-order valence-electron chi connectivity index (χ0n) is 20.0. The fourth-order valence-electron chi connectivity index (χ4n) is 6.66. The van der Waals surface area contributed by atoms with Gasteiger partial charge in [0.25, 0.3) is 0 Å². The molecule has 2 aliphatic heterocycles. The second kappa shape index (κ2) is 11.7. The summed E-state index contributed by atoms with van der Waals surface area (Å²) in [5, 5.41) is 0.594. The molecule has 188 valence electrons. The number of hydrogen-bond acceptors (Lipinski definition) is 4. The van der Waals surface area contributed by atoms with Crippen LogP contribution >= 0.6 is 24.2 Å². The van der Waals surface area contributed by atoms with E-state index in [0.29, 0.717) is 23.6 Å². The molecule has 4 nitrogen and oxygen atoms in total. The number of fused-ring (bicyclic) bond motifs is 1. The number of likely N-dealkylation sites (tertiary alicyclic amines) is 2. The molecule has 2 saturated heterocycles. The lowest BCUT2D eigenvalue weighted by molar-refractivity contribution is -0.141. The predicted molar refractivity (Wildman–Crippen MR) is 137 cm³/mol. The van der Waals surface area contributed by atoms with E-state index in [2.05, 4.69) is 4.90 Å². The van der Waals surface area contributed by atoms with Crippen LogP contribution in [0.1, 0.15) is 64.2 Å². The maximum Gasteiger partial charge on any atom is 0.233 e. The van der Waals surface area contributed by atoms with E-state index in [4.69, 9.17) is 0 Å². The highest BCUT2D eigenvalue weighted by atomic mass is 35.5. The molecule has 4 fully saturated rings. The normalized spacial score (nSPS) is 30.8. The minimum absolute atomic E-state index is 0. The molecule has 4 atom stereocenters. The Balaban J connectivity index is 0.00000274. The molecular weight excluding hydrogens is 471 g/mol. The van der Waals surface area contributed by atoms with Crippen molar-refractivity contribution in [3.63, 3.8) is 0 Å². The van der Waals surface area contributed by atoms with Crippen molar-refractivity contribution in [2.75, 3.05) is 26.2 Å². The first-order valence-electron chi connectivity index (χ1n) is 13.1. The summed E-state index contributed by atoms with van der Waals surface area (Å²) in [4.78, 5) is 31.4. The van der Waals surface area contributed by atoms with Crippen molar-refractivity contribution in [3.8, 4) is 0 Å². The van der Waals surface area contributed by atoms with Crippen molar-refractivity contribution < 1.29 is 14.0 Å². The molecular formula is C27H38ClFN2O2S. The molecule has 2 heterocycles. The number of carbonyl (C=O) groups excluding carboxylic acids is 2. The highest BCUT2D eigenvalue weighted by Crippen LogP contribution is 2.40. The third-order valence-corrected chi connectivity index (χ3v) is 9.91. The number of nitrogens with zero attached hydrogens (tertiary/aromatic N) is 2. The first kappa shape index (κ1) is 26.0. The van der Waals surface area contributed by atoms with Gasteiger partial charge in [0.1, 0.15) is 5.82 Å². The lowest BCUT2D eigenvalue weighted by Gasteiger charge is -2.39. The fourth-order valence-corrected chi connectivity index (χ4v) is 7.78. The van der Waals surface area contributed by atoms with Gasteiger partial charge >= 0.3 is 0 Å². The van der Waals surface area contributed by atoms with E-state index in [1.807, 2.05) is 23.9 Å². The Bertz CT molecular complexity index is 822. The number of amides is 2. The molecule has 0 N–H and O–H groups in total. The first-order valence-corrected chi connectivity index (χ1v) is 14.0. The molecule has 5 rings (SSSR count). The molecule has 2 amide bonds. The predicted octanol–water partition coefficient (Wildman–Crippen LogP) is 5.79. The van der Waals surface area contributed by atoms with Gasteiger partial charge in [-0.3, -0.25) is 14.5 Å². The topological polar surface area (TPSA) is 40.6 Å². The van der Waals surface area contributed by atoms with E-state index in [1.54, 1.807) is 17.0 Å².